The molecule has 1 aromatic heterocycles. The van der Waals surface area contributed by atoms with Crippen LogP contribution in [0, 0.1) is 0 Å². The fourth-order valence-electron chi connectivity index (χ4n) is 7.63. The van der Waals surface area contributed by atoms with Gasteiger partial charge in [-0.1, -0.05) is 127 Å². The van der Waals surface area contributed by atoms with Crippen molar-refractivity contribution in [2.45, 2.75) is 58.1 Å². The number of carbonyl (C=O) groups is 1. The Kier molecular flexibility index (Phi) is 17.1. The van der Waals surface area contributed by atoms with E-state index >= 15 is 0 Å². The van der Waals surface area contributed by atoms with E-state index in [1.165, 1.54) is 0 Å². The van der Waals surface area contributed by atoms with Crippen molar-refractivity contribution in [2.75, 3.05) is 0 Å². The molecule has 0 fully saturated rings. The Balaban J connectivity index is 0.000000468. The maximum absolute atomic E-state index is 14.2. The SMILES string of the molecule is FC(F)(F)c1cc([B-](c2cc(C(F)(F)F)cc(C(F)(F)F)c2)(c2cc(C(F)(F)F)cc(C(F)(F)F)c2)c2cc(C(F)(F)F)cc(C(F)(F)F)c2)cc(C(F)(F)F)c1.O=C(C[n+]1ccnc(C(Br)(Br)Br)c1)c1ccccc1. The third kappa shape index (κ3) is 14.6. The second-order valence-electron chi connectivity index (χ2n) is 16.1. The summed E-state index contributed by atoms with van der Waals surface area (Å²) in [7, 11) is 0. The Bertz CT molecular complexity index is 2640. The fourth-order valence-corrected chi connectivity index (χ4v) is 8.24. The molecule has 6 rings (SSSR count). The van der Waals surface area contributed by atoms with Crippen LogP contribution in [0.5, 0.6) is 0 Å². The molecule has 31 heteroatoms. The molecule has 0 N–H and O–H groups in total. The summed E-state index contributed by atoms with van der Waals surface area (Å²) in [6, 6.07) is 0.425. The lowest BCUT2D eigenvalue weighted by atomic mass is 9.12. The van der Waals surface area contributed by atoms with Gasteiger partial charge in [0.05, 0.1) is 50.7 Å². The van der Waals surface area contributed by atoms with E-state index in [9.17, 15) is 110 Å². The first-order valence-corrected chi connectivity index (χ1v) is 22.5. The van der Waals surface area contributed by atoms with Crippen molar-refractivity contribution >= 4 is 81.6 Å². The van der Waals surface area contributed by atoms with Gasteiger partial charge in [0, 0.05) is 5.56 Å². The van der Waals surface area contributed by atoms with Crippen molar-refractivity contribution in [3.8, 4) is 0 Å². The summed E-state index contributed by atoms with van der Waals surface area (Å²) in [6.45, 7) is 0.280. The number of nitrogens with zero attached hydrogens (tertiary/aromatic N) is 2. The zero-order valence-electron chi connectivity index (χ0n) is 36.3. The van der Waals surface area contributed by atoms with Crippen LogP contribution in [0.15, 0.2) is 122 Å². The monoisotopic (exact) mass is 1310 g/mol. The van der Waals surface area contributed by atoms with Gasteiger partial charge >= 0.3 is 49.4 Å². The van der Waals surface area contributed by atoms with Crippen molar-refractivity contribution < 1.29 is 115 Å². The molecule has 0 radical (unpaired) electrons. The molecule has 0 amide bonds. The third-order valence-electron chi connectivity index (χ3n) is 10.9. The maximum atomic E-state index is 14.2. The quantitative estimate of drug-likeness (QED) is 0.0525. The molecule has 3 nitrogen and oxygen atoms in total. The summed E-state index contributed by atoms with van der Waals surface area (Å²) in [5.41, 5.74) is -28.8. The molecule has 1 heterocycles. The van der Waals surface area contributed by atoms with E-state index in [1.807, 2.05) is 30.3 Å². The van der Waals surface area contributed by atoms with E-state index < -0.39 is 197 Å². The van der Waals surface area contributed by atoms with Gasteiger partial charge in [0.15, 0.2) is 14.5 Å². The Hall–Kier alpha value is -5.33. The average molecular weight is 1310 g/mol. The third-order valence-corrected chi connectivity index (χ3v) is 12.1. The Morgan fingerprint density at radius 2 is 0.658 bits per heavy atom. The van der Waals surface area contributed by atoms with Gasteiger partial charge in [0.2, 0.25) is 12.3 Å². The lowest BCUT2D eigenvalue weighted by molar-refractivity contribution is -0.684. The molecule has 6 aromatic rings. The number of rotatable bonds is 7. The Morgan fingerprint density at radius 1 is 0.408 bits per heavy atom. The molecule has 76 heavy (non-hydrogen) atoms. The van der Waals surface area contributed by atoms with Crippen LogP contribution in [-0.4, -0.2) is 16.9 Å². The zero-order valence-corrected chi connectivity index (χ0v) is 41.1. The smallest absolute Gasteiger partial charge is 0.287 e. The molecule has 0 saturated heterocycles. The molecular weight excluding hydrogens is 1290 g/mol. The van der Waals surface area contributed by atoms with E-state index in [-0.39, 0.29) is 12.3 Å². The second kappa shape index (κ2) is 21.1. The van der Waals surface area contributed by atoms with Gasteiger partial charge < -0.3 is 0 Å². The summed E-state index contributed by atoms with van der Waals surface area (Å²) >= 11 is 10.2. The molecule has 0 saturated carbocycles. The molecule has 0 bridgehead atoms. The number of hydrogen-bond acceptors (Lipinski definition) is 2. The summed E-state index contributed by atoms with van der Waals surface area (Å²) in [5.74, 6) is 0.0621. The van der Waals surface area contributed by atoms with Crippen LogP contribution >= 0.6 is 47.8 Å². The molecule has 5 aromatic carbocycles. The van der Waals surface area contributed by atoms with Crippen molar-refractivity contribution in [1.82, 2.24) is 4.98 Å². The summed E-state index contributed by atoms with van der Waals surface area (Å²) in [4.78, 5) is 16.3. The van der Waals surface area contributed by atoms with Gasteiger partial charge in [-0.05, 0) is 24.3 Å². The van der Waals surface area contributed by atoms with Gasteiger partial charge in [-0.15, -0.1) is 0 Å². The minimum atomic E-state index is -6.13. The van der Waals surface area contributed by atoms with Crippen molar-refractivity contribution in [3.05, 3.63) is 177 Å². The van der Waals surface area contributed by atoms with Crippen molar-refractivity contribution in [1.29, 1.82) is 0 Å². The van der Waals surface area contributed by atoms with Crippen LogP contribution in [-0.2, 0) is 58.1 Å². The molecule has 0 aliphatic carbocycles. The highest BCUT2D eigenvalue weighted by molar-refractivity contribution is 9.38. The number of Topliss-reactive ketones (excluding diaryl/α,β-unsaturated/α-hetero) is 1. The van der Waals surface area contributed by atoms with Crippen LogP contribution in [0.3, 0.4) is 0 Å². The Morgan fingerprint density at radius 3 is 0.882 bits per heavy atom. The highest BCUT2D eigenvalue weighted by Gasteiger charge is 2.47. The van der Waals surface area contributed by atoms with Crippen LogP contribution < -0.4 is 26.4 Å². The topological polar surface area (TPSA) is 33.8 Å². The van der Waals surface area contributed by atoms with E-state index in [4.69, 9.17) is 0 Å². The summed E-state index contributed by atoms with van der Waals surface area (Å²) in [6.07, 6.45) is -49.6. The number of hydrogen-bond donors (Lipinski definition) is 0. The number of carbonyl (C=O) groups excluding carboxylic acids is 1. The minimum absolute atomic E-state index is 0.0621. The molecule has 0 spiro atoms. The fraction of sp³-hybridized carbons (Fsp3) is 0.222. The number of halogens is 27. The zero-order chi connectivity index (χ0) is 57.8. The molecule has 0 unspecified atom stereocenters. The van der Waals surface area contributed by atoms with Gasteiger partial charge in [-0.25, -0.2) is 4.98 Å². The van der Waals surface area contributed by atoms with Gasteiger partial charge in [-0.2, -0.15) is 132 Å². The molecule has 0 atom stereocenters. The minimum Gasteiger partial charge on any atom is -0.287 e. The van der Waals surface area contributed by atoms with Crippen LogP contribution in [0.4, 0.5) is 105 Å². The summed E-state index contributed by atoms with van der Waals surface area (Å²) in [5, 5.41) is 0. The average Bonchev–Trinajstić information content (AvgIpc) is 3.27. The molecule has 0 aliphatic heterocycles. The van der Waals surface area contributed by atoms with Crippen molar-refractivity contribution in [2.24, 2.45) is 0 Å². The highest BCUT2D eigenvalue weighted by atomic mass is 80.0. The Labute approximate surface area is 435 Å². The summed E-state index contributed by atoms with van der Waals surface area (Å²) < 4.78 is 342. The predicted molar refractivity (Wildman–Crippen MR) is 234 cm³/mol. The largest absolute Gasteiger partial charge is 0.416 e. The van der Waals surface area contributed by atoms with Gasteiger partial charge in [0.25, 0.3) is 0 Å². The molecular formula is C45H22BBr3F24N2O. The molecule has 410 valence electrons. The first-order valence-electron chi connectivity index (χ1n) is 20.1. The second-order valence-corrected chi connectivity index (χ2v) is 22.9. The lowest BCUT2D eigenvalue weighted by Gasteiger charge is -2.46. The lowest BCUT2D eigenvalue weighted by Crippen LogP contribution is -2.75. The number of ketones is 1. The van der Waals surface area contributed by atoms with Crippen LogP contribution in [0.25, 0.3) is 0 Å². The van der Waals surface area contributed by atoms with E-state index in [1.54, 1.807) is 23.2 Å². The number of benzene rings is 5. The van der Waals surface area contributed by atoms with E-state index in [0.29, 0.717) is 5.56 Å². The normalized spacial score (nSPS) is 13.6. The van der Waals surface area contributed by atoms with Gasteiger partial charge in [-0.3, -0.25) is 4.79 Å². The number of alkyl halides is 27. The molecule has 0 aliphatic rings. The van der Waals surface area contributed by atoms with E-state index in [0.717, 1.165) is 5.69 Å². The maximum Gasteiger partial charge on any atom is 0.416 e. The standard InChI is InChI=1S/C32H12BF24.C13H10Br3N2O/c34-25(35,36)13-1-14(26(37,38)39)6-21(5-13)33(22-7-15(27(40,41)42)2-16(8-22)28(43,44)45,23-9-17(29(46,47)48)3-18(10-23)30(49,50)51)24-11-19(31(52,53)54)4-20(12-24)32(55,56)57;14-13(15,16)12-9-18(7-6-17-12)8-11(19)10-4-2-1-3-5-10/h1-12H;1-7,9H,8H2/q-1;+1. The predicted octanol–water partition coefficient (Wildman–Crippen LogP) is 14.8. The highest BCUT2D eigenvalue weighted by Crippen LogP contribution is 2.44. The number of aromatic nitrogens is 2. The van der Waals surface area contributed by atoms with Crippen LogP contribution in [0.2, 0.25) is 0 Å². The van der Waals surface area contributed by atoms with Gasteiger partial charge in [0.1, 0.15) is 11.8 Å². The first-order chi connectivity index (χ1) is 34.2. The van der Waals surface area contributed by atoms with Crippen molar-refractivity contribution in [3.63, 3.8) is 0 Å². The van der Waals surface area contributed by atoms with E-state index in [2.05, 4.69) is 52.8 Å². The van der Waals surface area contributed by atoms with Crippen LogP contribution in [0.1, 0.15) is 60.6 Å². The first kappa shape index (κ1) is 61.5.